The average molecular weight is 304 g/mol. The molecule has 0 spiro atoms. The minimum atomic E-state index is -0.252. The van der Waals surface area contributed by atoms with Gasteiger partial charge in [-0.3, -0.25) is 0 Å². The Balaban J connectivity index is 1.76. The first-order valence-corrected chi connectivity index (χ1v) is 8.42. The van der Waals surface area contributed by atoms with Crippen molar-refractivity contribution in [2.24, 2.45) is 0 Å². The Morgan fingerprint density at radius 2 is 2.24 bits per heavy atom. The largest absolute Gasteiger partial charge is 0.462 e. The number of esters is 1. The van der Waals surface area contributed by atoms with Crippen LogP contribution in [0.1, 0.15) is 49.4 Å². The van der Waals surface area contributed by atoms with Gasteiger partial charge in [-0.2, -0.15) is 0 Å². The molecule has 0 unspecified atom stereocenters. The maximum atomic E-state index is 11.9. The van der Waals surface area contributed by atoms with E-state index in [0.29, 0.717) is 18.2 Å². The van der Waals surface area contributed by atoms with Crippen molar-refractivity contribution in [3.8, 4) is 0 Å². The van der Waals surface area contributed by atoms with E-state index in [0.717, 1.165) is 21.8 Å². The number of nitrogens with one attached hydrogen (secondary N) is 1. The molecule has 0 saturated heterocycles. The second-order valence-corrected chi connectivity index (χ2v) is 6.49. The summed E-state index contributed by atoms with van der Waals surface area (Å²) in [5.41, 5.74) is 1.54. The van der Waals surface area contributed by atoms with Crippen LogP contribution < -0.4 is 5.32 Å². The molecule has 1 aromatic carbocycles. The van der Waals surface area contributed by atoms with Crippen molar-refractivity contribution in [3.05, 3.63) is 23.8 Å². The van der Waals surface area contributed by atoms with Gasteiger partial charge in [-0.1, -0.05) is 31.1 Å². The Labute approximate surface area is 128 Å². The summed E-state index contributed by atoms with van der Waals surface area (Å²) in [6.45, 7) is 2.45. The number of carbonyl (C=O) groups is 1. The third-order valence-corrected chi connectivity index (χ3v) is 4.69. The lowest BCUT2D eigenvalue weighted by molar-refractivity contribution is 0.0505. The molecule has 4 nitrogen and oxygen atoms in total. The second-order valence-electron chi connectivity index (χ2n) is 5.46. The first kappa shape index (κ1) is 14.3. The highest BCUT2D eigenvalue weighted by molar-refractivity contribution is 7.22. The van der Waals surface area contributed by atoms with Crippen LogP contribution in [0.2, 0.25) is 0 Å². The molecular formula is C16H20N2O2S. The molecule has 1 N–H and O–H groups in total. The number of hydrogen-bond donors (Lipinski definition) is 1. The minimum absolute atomic E-state index is 0.252. The molecule has 0 radical (unpaired) electrons. The highest BCUT2D eigenvalue weighted by atomic mass is 32.1. The Morgan fingerprint density at radius 1 is 1.43 bits per heavy atom. The van der Waals surface area contributed by atoms with E-state index in [9.17, 15) is 4.79 Å². The molecule has 1 aliphatic rings. The van der Waals surface area contributed by atoms with Gasteiger partial charge in [0.1, 0.15) is 0 Å². The van der Waals surface area contributed by atoms with Gasteiger partial charge < -0.3 is 10.1 Å². The highest BCUT2D eigenvalue weighted by Crippen LogP contribution is 2.30. The fourth-order valence-electron chi connectivity index (χ4n) is 2.64. The molecule has 1 aromatic heterocycles. The number of nitrogens with zero attached hydrogens (tertiary/aromatic N) is 1. The van der Waals surface area contributed by atoms with Gasteiger partial charge in [-0.15, -0.1) is 0 Å². The molecule has 21 heavy (non-hydrogen) atoms. The van der Waals surface area contributed by atoms with E-state index in [1.165, 1.54) is 25.7 Å². The number of ether oxygens (including phenoxy) is 1. The summed E-state index contributed by atoms with van der Waals surface area (Å²) in [5, 5.41) is 4.46. The van der Waals surface area contributed by atoms with Crippen LogP contribution in [0.4, 0.5) is 5.13 Å². The third kappa shape index (κ3) is 3.35. The van der Waals surface area contributed by atoms with Gasteiger partial charge in [0, 0.05) is 6.04 Å². The van der Waals surface area contributed by atoms with E-state index < -0.39 is 0 Å². The first-order chi connectivity index (χ1) is 10.3. The van der Waals surface area contributed by atoms with Crippen LogP contribution in [0.3, 0.4) is 0 Å². The predicted molar refractivity (Wildman–Crippen MR) is 86.1 cm³/mol. The van der Waals surface area contributed by atoms with Gasteiger partial charge in [0.25, 0.3) is 0 Å². The van der Waals surface area contributed by atoms with Crippen molar-refractivity contribution in [1.82, 2.24) is 4.98 Å². The van der Waals surface area contributed by atoms with Crippen molar-refractivity contribution >= 4 is 32.7 Å². The van der Waals surface area contributed by atoms with Crippen molar-refractivity contribution in [2.45, 2.75) is 45.1 Å². The Hall–Kier alpha value is -1.62. The van der Waals surface area contributed by atoms with Gasteiger partial charge in [0.15, 0.2) is 5.13 Å². The Morgan fingerprint density at radius 3 is 3.00 bits per heavy atom. The molecule has 1 heterocycles. The molecular weight excluding hydrogens is 284 g/mol. The van der Waals surface area contributed by atoms with Crippen molar-refractivity contribution in [2.75, 3.05) is 11.9 Å². The zero-order valence-corrected chi connectivity index (χ0v) is 13.0. The molecule has 1 aliphatic carbocycles. The topological polar surface area (TPSA) is 51.2 Å². The number of hydrogen-bond acceptors (Lipinski definition) is 5. The zero-order valence-electron chi connectivity index (χ0n) is 12.2. The molecule has 5 heteroatoms. The maximum absolute atomic E-state index is 11.9. The number of fused-ring (bicyclic) bond motifs is 1. The quantitative estimate of drug-likeness (QED) is 0.840. The number of anilines is 1. The summed E-state index contributed by atoms with van der Waals surface area (Å²) in [7, 11) is 0. The van der Waals surface area contributed by atoms with Crippen LogP contribution in [0.5, 0.6) is 0 Å². The number of rotatable bonds is 5. The number of aromatic nitrogens is 1. The fourth-order valence-corrected chi connectivity index (χ4v) is 3.62. The molecule has 3 rings (SSSR count). The Bertz CT molecular complexity index is 632. The minimum Gasteiger partial charge on any atom is -0.462 e. The van der Waals surface area contributed by atoms with Crippen LogP contribution in [0.15, 0.2) is 18.2 Å². The van der Waals surface area contributed by atoms with E-state index in [1.807, 2.05) is 19.1 Å². The highest BCUT2D eigenvalue weighted by Gasteiger charge is 2.16. The number of carbonyl (C=O) groups excluding carboxylic acids is 1. The van der Waals surface area contributed by atoms with Crippen molar-refractivity contribution < 1.29 is 9.53 Å². The van der Waals surface area contributed by atoms with Crippen LogP contribution >= 0.6 is 11.3 Å². The summed E-state index contributed by atoms with van der Waals surface area (Å²) >= 11 is 1.61. The molecule has 0 amide bonds. The molecule has 2 aromatic rings. The fraction of sp³-hybridized carbons (Fsp3) is 0.500. The second kappa shape index (κ2) is 6.43. The molecule has 112 valence electrons. The normalized spacial score (nSPS) is 15.5. The molecule has 1 saturated carbocycles. The van der Waals surface area contributed by atoms with E-state index >= 15 is 0 Å². The van der Waals surface area contributed by atoms with Gasteiger partial charge in [0.05, 0.1) is 22.4 Å². The summed E-state index contributed by atoms with van der Waals surface area (Å²) in [6, 6.07) is 6.12. The van der Waals surface area contributed by atoms with Gasteiger partial charge in [0.2, 0.25) is 0 Å². The maximum Gasteiger partial charge on any atom is 0.338 e. The van der Waals surface area contributed by atoms with Gasteiger partial charge in [-0.25, -0.2) is 9.78 Å². The van der Waals surface area contributed by atoms with Crippen LogP contribution in [-0.4, -0.2) is 23.6 Å². The van der Waals surface area contributed by atoms with E-state index in [-0.39, 0.29) is 5.97 Å². The lowest BCUT2D eigenvalue weighted by Gasteiger charge is -2.09. The summed E-state index contributed by atoms with van der Waals surface area (Å²) < 4.78 is 6.20. The Kier molecular flexibility index (Phi) is 4.39. The summed E-state index contributed by atoms with van der Waals surface area (Å²) in [6.07, 6.45) is 5.89. The van der Waals surface area contributed by atoms with Gasteiger partial charge >= 0.3 is 5.97 Å². The monoisotopic (exact) mass is 304 g/mol. The summed E-state index contributed by atoms with van der Waals surface area (Å²) in [4.78, 5) is 16.5. The van der Waals surface area contributed by atoms with Crippen LogP contribution in [-0.2, 0) is 4.74 Å². The van der Waals surface area contributed by atoms with Crippen molar-refractivity contribution in [1.29, 1.82) is 0 Å². The number of benzene rings is 1. The van der Waals surface area contributed by atoms with E-state index in [1.54, 1.807) is 17.4 Å². The molecule has 1 fully saturated rings. The third-order valence-electron chi connectivity index (χ3n) is 3.74. The van der Waals surface area contributed by atoms with E-state index in [2.05, 4.69) is 10.3 Å². The molecule has 0 aliphatic heterocycles. The molecule has 0 bridgehead atoms. The first-order valence-electron chi connectivity index (χ1n) is 7.60. The van der Waals surface area contributed by atoms with E-state index in [4.69, 9.17) is 4.74 Å². The predicted octanol–water partition coefficient (Wildman–Crippen LogP) is 4.22. The lowest BCUT2D eigenvalue weighted by Crippen LogP contribution is -2.13. The SMILES string of the molecule is CCCOC(=O)c1ccc2nc(NC3CCCC3)sc2c1. The van der Waals surface area contributed by atoms with Crippen LogP contribution in [0.25, 0.3) is 10.2 Å². The van der Waals surface area contributed by atoms with Crippen molar-refractivity contribution in [3.63, 3.8) is 0 Å². The number of thiazole rings is 1. The molecule has 0 atom stereocenters. The zero-order chi connectivity index (χ0) is 14.7. The van der Waals surface area contributed by atoms with Gasteiger partial charge in [-0.05, 0) is 37.5 Å². The standard InChI is InChI=1S/C16H20N2O2S/c1-2-9-20-15(19)11-7-8-13-14(10-11)21-16(18-13)17-12-5-3-4-6-12/h7-8,10,12H,2-6,9H2,1H3,(H,17,18). The summed E-state index contributed by atoms with van der Waals surface area (Å²) in [5.74, 6) is -0.252. The lowest BCUT2D eigenvalue weighted by atomic mass is 10.2. The van der Waals surface area contributed by atoms with Crippen LogP contribution in [0, 0.1) is 0 Å². The average Bonchev–Trinajstić information content (AvgIpc) is 3.13. The smallest absolute Gasteiger partial charge is 0.338 e.